The van der Waals surface area contributed by atoms with Crippen molar-refractivity contribution in [3.05, 3.63) is 42.0 Å². The van der Waals surface area contributed by atoms with E-state index in [1.54, 1.807) is 19.3 Å². The molecule has 0 N–H and O–H groups in total. The number of carbonyl (C=O) groups excluding carboxylic acids is 3. The predicted octanol–water partition coefficient (Wildman–Crippen LogP) is 1.64. The fourth-order valence-electron chi connectivity index (χ4n) is 1.60. The monoisotopic (exact) mass is 289 g/mol. The highest BCUT2D eigenvalue weighted by Gasteiger charge is 2.24. The fraction of sp³-hybridized carbons (Fsp3) is 0.267. The van der Waals surface area contributed by atoms with Crippen molar-refractivity contribution in [2.24, 2.45) is 0 Å². The fourth-order valence-corrected chi connectivity index (χ4v) is 1.60. The Morgan fingerprint density at radius 3 is 2.48 bits per heavy atom. The van der Waals surface area contributed by atoms with Gasteiger partial charge >= 0.3 is 6.03 Å². The molecule has 6 nitrogen and oxygen atoms in total. The van der Waals surface area contributed by atoms with Gasteiger partial charge in [0, 0.05) is 12.6 Å². The van der Waals surface area contributed by atoms with Crippen molar-refractivity contribution in [3.8, 4) is 0 Å². The lowest BCUT2D eigenvalue weighted by Gasteiger charge is -2.24. The van der Waals surface area contributed by atoms with Gasteiger partial charge in [0.15, 0.2) is 0 Å². The zero-order chi connectivity index (χ0) is 15.7. The summed E-state index contributed by atoms with van der Waals surface area (Å²) in [6.07, 6.45) is 4.35. The van der Waals surface area contributed by atoms with Crippen molar-refractivity contribution in [1.29, 1.82) is 0 Å². The molecule has 1 radical (unpaired) electrons. The van der Waals surface area contributed by atoms with Gasteiger partial charge in [-0.15, -0.1) is 0 Å². The molecule has 3 amide bonds. The van der Waals surface area contributed by atoms with E-state index in [1.165, 1.54) is 13.2 Å². The van der Waals surface area contributed by atoms with Crippen molar-refractivity contribution in [2.75, 3.05) is 20.2 Å². The van der Waals surface area contributed by atoms with Gasteiger partial charge in [0.05, 0.1) is 13.7 Å². The molecule has 0 bridgehead atoms. The molecule has 0 aliphatic heterocycles. The maximum absolute atomic E-state index is 12.0. The van der Waals surface area contributed by atoms with Gasteiger partial charge in [-0.2, -0.15) is 0 Å². The van der Waals surface area contributed by atoms with E-state index < -0.39 is 18.5 Å². The number of hydrogen-bond donors (Lipinski definition) is 0. The molecule has 0 saturated carbocycles. The zero-order valence-electron chi connectivity index (χ0n) is 12.0. The number of hydrogen-bond acceptors (Lipinski definition) is 4. The molecule has 0 aliphatic rings. The summed E-state index contributed by atoms with van der Waals surface area (Å²) in [5.41, 5.74) is 0.812. The molecule has 111 valence electrons. The second-order valence-corrected chi connectivity index (χ2v) is 3.97. The van der Waals surface area contributed by atoms with E-state index in [4.69, 9.17) is 4.84 Å². The minimum atomic E-state index is -0.703. The smallest absolute Gasteiger partial charge is 0.289 e. The van der Waals surface area contributed by atoms with E-state index in [0.29, 0.717) is 0 Å². The molecule has 0 spiro atoms. The number of carbonyl (C=O) groups is 2. The molecule has 1 rings (SSSR count). The third-order valence-corrected chi connectivity index (χ3v) is 2.66. The Bertz CT molecular complexity index is 510. The lowest BCUT2D eigenvalue weighted by molar-refractivity contribution is -0.129. The van der Waals surface area contributed by atoms with E-state index in [0.717, 1.165) is 15.5 Å². The number of amides is 3. The molecule has 0 aromatic heterocycles. The third kappa shape index (κ3) is 4.85. The summed E-state index contributed by atoms with van der Waals surface area (Å²) < 4.78 is 0. The van der Waals surface area contributed by atoms with Crippen LogP contribution in [-0.4, -0.2) is 48.4 Å². The number of benzene rings is 1. The van der Waals surface area contributed by atoms with Crippen molar-refractivity contribution >= 4 is 24.3 Å². The maximum atomic E-state index is 12.0. The maximum Gasteiger partial charge on any atom is 0.351 e. The van der Waals surface area contributed by atoms with Gasteiger partial charge in [-0.3, -0.25) is 19.3 Å². The Morgan fingerprint density at radius 2 is 1.95 bits per heavy atom. The topological polar surface area (TPSA) is 66.9 Å². The Morgan fingerprint density at radius 1 is 1.29 bits per heavy atom. The Labute approximate surface area is 123 Å². The molecule has 0 heterocycles. The average molecular weight is 289 g/mol. The highest BCUT2D eigenvalue weighted by atomic mass is 16.7. The zero-order valence-corrected chi connectivity index (χ0v) is 12.0. The van der Waals surface area contributed by atoms with Crippen LogP contribution >= 0.6 is 0 Å². The largest absolute Gasteiger partial charge is 0.351 e. The standard InChI is InChI=1S/C15H17N2O4/c1-3-17(21-2)15(20)16(11-12-18)14(19)10-9-13-7-5-4-6-8-13/h4-10H,3,11H2,1-2H3. The lowest BCUT2D eigenvalue weighted by atomic mass is 10.2. The van der Waals surface area contributed by atoms with Crippen LogP contribution < -0.4 is 0 Å². The molecular formula is C15H17N2O4. The van der Waals surface area contributed by atoms with Crippen LogP contribution in [0.15, 0.2) is 36.4 Å². The number of nitrogens with zero attached hydrogens (tertiary/aromatic N) is 2. The van der Waals surface area contributed by atoms with Crippen LogP contribution in [0, 0.1) is 0 Å². The van der Waals surface area contributed by atoms with Gasteiger partial charge in [-0.25, -0.2) is 9.86 Å². The number of hydroxylamine groups is 2. The normalized spacial score (nSPS) is 10.4. The summed E-state index contributed by atoms with van der Waals surface area (Å²) in [4.78, 5) is 40.2. The first kappa shape index (κ1) is 16.6. The number of rotatable bonds is 6. The summed E-state index contributed by atoms with van der Waals surface area (Å²) in [5, 5.41) is 0.978. The van der Waals surface area contributed by atoms with E-state index in [-0.39, 0.29) is 6.54 Å². The quantitative estimate of drug-likeness (QED) is 0.590. The van der Waals surface area contributed by atoms with E-state index in [2.05, 4.69) is 0 Å². The van der Waals surface area contributed by atoms with Crippen LogP contribution in [0.2, 0.25) is 0 Å². The van der Waals surface area contributed by atoms with Crippen LogP contribution in [-0.2, 0) is 14.4 Å². The van der Waals surface area contributed by atoms with E-state index >= 15 is 0 Å². The lowest BCUT2D eigenvalue weighted by Crippen LogP contribution is -2.46. The van der Waals surface area contributed by atoms with Crippen LogP contribution in [0.5, 0.6) is 0 Å². The first-order chi connectivity index (χ1) is 10.1. The molecule has 0 fully saturated rings. The predicted molar refractivity (Wildman–Crippen MR) is 77.7 cm³/mol. The third-order valence-electron chi connectivity index (χ3n) is 2.66. The van der Waals surface area contributed by atoms with Gasteiger partial charge in [-0.1, -0.05) is 30.3 Å². The average Bonchev–Trinajstić information content (AvgIpc) is 2.52. The summed E-state index contributed by atoms with van der Waals surface area (Å²) in [6, 6.07) is 8.44. The molecule has 1 aromatic rings. The molecule has 0 atom stereocenters. The highest BCUT2D eigenvalue weighted by Crippen LogP contribution is 2.04. The van der Waals surface area contributed by atoms with E-state index in [1.807, 2.05) is 30.3 Å². The first-order valence-corrected chi connectivity index (χ1v) is 6.39. The van der Waals surface area contributed by atoms with Crippen molar-refractivity contribution in [2.45, 2.75) is 6.92 Å². The number of urea groups is 1. The Balaban J connectivity index is 2.85. The minimum absolute atomic E-state index is 0.250. The molecule has 0 aliphatic carbocycles. The van der Waals surface area contributed by atoms with Crippen LogP contribution in [0.1, 0.15) is 12.5 Å². The molecule has 6 heteroatoms. The van der Waals surface area contributed by atoms with Crippen molar-refractivity contribution in [3.63, 3.8) is 0 Å². The van der Waals surface area contributed by atoms with Gasteiger partial charge in [0.2, 0.25) is 6.29 Å². The highest BCUT2D eigenvalue weighted by molar-refractivity contribution is 6.03. The second kappa shape index (κ2) is 8.65. The van der Waals surface area contributed by atoms with E-state index in [9.17, 15) is 14.4 Å². The van der Waals surface area contributed by atoms with Crippen molar-refractivity contribution < 1.29 is 19.2 Å². The molecule has 21 heavy (non-hydrogen) atoms. The number of imide groups is 1. The van der Waals surface area contributed by atoms with Gasteiger partial charge in [-0.05, 0) is 18.6 Å². The Hall–Kier alpha value is -2.47. The van der Waals surface area contributed by atoms with Crippen LogP contribution in [0.3, 0.4) is 0 Å². The first-order valence-electron chi connectivity index (χ1n) is 6.39. The minimum Gasteiger partial charge on any atom is -0.289 e. The molecular weight excluding hydrogens is 272 g/mol. The summed E-state index contributed by atoms with van der Waals surface area (Å²) in [7, 11) is 1.31. The second-order valence-electron chi connectivity index (χ2n) is 3.97. The molecule has 1 aromatic carbocycles. The summed E-state index contributed by atoms with van der Waals surface area (Å²) >= 11 is 0. The summed E-state index contributed by atoms with van der Waals surface area (Å²) in [6.45, 7) is 1.49. The van der Waals surface area contributed by atoms with Crippen molar-refractivity contribution in [1.82, 2.24) is 9.96 Å². The summed E-state index contributed by atoms with van der Waals surface area (Å²) in [5.74, 6) is -0.609. The van der Waals surface area contributed by atoms with Gasteiger partial charge in [0.1, 0.15) is 0 Å². The Kier molecular flexibility index (Phi) is 6.83. The van der Waals surface area contributed by atoms with Crippen LogP contribution in [0.4, 0.5) is 4.79 Å². The molecule has 0 saturated heterocycles. The van der Waals surface area contributed by atoms with Gasteiger partial charge in [0.25, 0.3) is 5.91 Å². The SMILES string of the molecule is CCN(OC)C(=O)N(C[C]=O)C(=O)C=Cc1ccccc1. The molecule has 0 unspecified atom stereocenters. The van der Waals surface area contributed by atoms with Crippen LogP contribution in [0.25, 0.3) is 6.08 Å². The van der Waals surface area contributed by atoms with Gasteiger partial charge < -0.3 is 0 Å².